The fourth-order valence-corrected chi connectivity index (χ4v) is 2.00. The second-order valence-corrected chi connectivity index (χ2v) is 3.89. The zero-order valence-corrected chi connectivity index (χ0v) is 10.2. The Bertz CT molecular complexity index is 585. The number of esters is 1. The van der Waals surface area contributed by atoms with Gasteiger partial charge in [0.15, 0.2) is 6.29 Å². The Morgan fingerprint density at radius 1 is 1.28 bits per heavy atom. The van der Waals surface area contributed by atoms with E-state index in [4.69, 9.17) is 0 Å². The molecular weight excluding hydrogens is 230 g/mol. The van der Waals surface area contributed by atoms with Crippen molar-refractivity contribution in [3.05, 3.63) is 47.3 Å². The number of H-pyrrole nitrogens is 1. The zero-order valence-electron chi connectivity index (χ0n) is 10.2. The Kier molecular flexibility index (Phi) is 3.28. The predicted molar refractivity (Wildman–Crippen MR) is 67.7 cm³/mol. The van der Waals surface area contributed by atoms with E-state index in [0.29, 0.717) is 11.8 Å². The number of rotatable bonds is 3. The molecule has 2 rings (SSSR count). The second kappa shape index (κ2) is 4.87. The molecule has 0 atom stereocenters. The maximum atomic E-state index is 11.6. The van der Waals surface area contributed by atoms with Gasteiger partial charge in [0, 0.05) is 11.3 Å². The minimum Gasteiger partial charge on any atom is -0.464 e. The van der Waals surface area contributed by atoms with E-state index in [1.54, 1.807) is 0 Å². The summed E-state index contributed by atoms with van der Waals surface area (Å²) < 4.78 is 4.65. The normalized spacial score (nSPS) is 10.1. The van der Waals surface area contributed by atoms with Gasteiger partial charge in [0.25, 0.3) is 0 Å². The van der Waals surface area contributed by atoms with E-state index in [-0.39, 0.29) is 5.69 Å². The molecule has 1 N–H and O–H groups in total. The molecule has 2 aromatic rings. The van der Waals surface area contributed by atoms with Gasteiger partial charge in [-0.1, -0.05) is 30.3 Å². The van der Waals surface area contributed by atoms with Gasteiger partial charge >= 0.3 is 5.97 Å². The van der Waals surface area contributed by atoms with Crippen LogP contribution < -0.4 is 0 Å². The molecule has 0 spiro atoms. The number of aldehydes is 1. The van der Waals surface area contributed by atoms with Crippen LogP contribution in [-0.4, -0.2) is 24.3 Å². The molecule has 0 saturated carbocycles. The largest absolute Gasteiger partial charge is 0.464 e. The molecule has 92 valence electrons. The summed E-state index contributed by atoms with van der Waals surface area (Å²) >= 11 is 0. The van der Waals surface area contributed by atoms with Crippen molar-refractivity contribution in [3.8, 4) is 11.1 Å². The molecule has 4 heteroatoms. The number of aryl methyl sites for hydroxylation is 1. The number of carbonyl (C=O) groups excluding carboxylic acids is 2. The van der Waals surface area contributed by atoms with Crippen LogP contribution in [0.4, 0.5) is 0 Å². The van der Waals surface area contributed by atoms with Crippen molar-refractivity contribution < 1.29 is 14.3 Å². The van der Waals surface area contributed by atoms with Crippen molar-refractivity contribution in [1.82, 2.24) is 4.98 Å². The first-order chi connectivity index (χ1) is 8.69. The maximum Gasteiger partial charge on any atom is 0.355 e. The molecule has 0 aliphatic heterocycles. The molecule has 4 nitrogen and oxygen atoms in total. The van der Waals surface area contributed by atoms with Gasteiger partial charge in [0.05, 0.1) is 12.7 Å². The number of hydrogen-bond donors (Lipinski definition) is 1. The summed E-state index contributed by atoms with van der Waals surface area (Å²) in [6.45, 7) is 1.82. The smallest absolute Gasteiger partial charge is 0.355 e. The minimum atomic E-state index is -0.539. The molecule has 0 unspecified atom stereocenters. The lowest BCUT2D eigenvalue weighted by Crippen LogP contribution is -2.04. The van der Waals surface area contributed by atoms with Crippen molar-refractivity contribution in [2.24, 2.45) is 0 Å². The van der Waals surface area contributed by atoms with E-state index in [2.05, 4.69) is 9.72 Å². The zero-order chi connectivity index (χ0) is 13.1. The average Bonchev–Trinajstić information content (AvgIpc) is 2.75. The van der Waals surface area contributed by atoms with E-state index >= 15 is 0 Å². The van der Waals surface area contributed by atoms with Crippen LogP contribution in [0.5, 0.6) is 0 Å². The van der Waals surface area contributed by atoms with Gasteiger partial charge in [-0.25, -0.2) is 4.79 Å². The quantitative estimate of drug-likeness (QED) is 0.665. The topological polar surface area (TPSA) is 59.2 Å². The standard InChI is InChI=1S/C14H13NO3/c1-9-12(10-6-4-3-5-7-10)11(8-16)13(15-9)14(17)18-2/h3-8,15H,1-2H3. The molecule has 1 aromatic heterocycles. The number of benzene rings is 1. The molecule has 0 bridgehead atoms. The summed E-state index contributed by atoms with van der Waals surface area (Å²) in [5, 5.41) is 0. The highest BCUT2D eigenvalue weighted by atomic mass is 16.5. The molecule has 1 heterocycles. The van der Waals surface area contributed by atoms with Crippen LogP contribution in [0.2, 0.25) is 0 Å². The van der Waals surface area contributed by atoms with Crippen molar-refractivity contribution in [2.45, 2.75) is 6.92 Å². The Hall–Kier alpha value is -2.36. The Morgan fingerprint density at radius 3 is 2.50 bits per heavy atom. The first-order valence-electron chi connectivity index (χ1n) is 5.50. The minimum absolute atomic E-state index is 0.198. The molecule has 1 aromatic carbocycles. The number of aromatic nitrogens is 1. The second-order valence-electron chi connectivity index (χ2n) is 3.89. The highest BCUT2D eigenvalue weighted by molar-refractivity contribution is 6.02. The number of aromatic amines is 1. The van der Waals surface area contributed by atoms with Crippen molar-refractivity contribution in [3.63, 3.8) is 0 Å². The fourth-order valence-electron chi connectivity index (χ4n) is 2.00. The first kappa shape index (κ1) is 12.1. The third kappa shape index (κ3) is 1.93. The lowest BCUT2D eigenvalue weighted by molar-refractivity contribution is 0.0592. The van der Waals surface area contributed by atoms with Gasteiger partial charge in [-0.15, -0.1) is 0 Å². The number of hydrogen-bond acceptors (Lipinski definition) is 3. The molecule has 0 amide bonds. The molecule has 0 fully saturated rings. The van der Waals surface area contributed by atoms with Crippen molar-refractivity contribution >= 4 is 12.3 Å². The number of nitrogens with one attached hydrogen (secondary N) is 1. The highest BCUT2D eigenvalue weighted by Crippen LogP contribution is 2.29. The molecule has 0 aliphatic rings. The van der Waals surface area contributed by atoms with Crippen LogP contribution >= 0.6 is 0 Å². The molecular formula is C14H13NO3. The molecule has 0 aliphatic carbocycles. The maximum absolute atomic E-state index is 11.6. The number of methoxy groups -OCH3 is 1. The van der Waals surface area contributed by atoms with Crippen LogP contribution in [0.1, 0.15) is 26.5 Å². The summed E-state index contributed by atoms with van der Waals surface area (Å²) in [7, 11) is 1.29. The van der Waals surface area contributed by atoms with Crippen LogP contribution in [0.3, 0.4) is 0 Å². The van der Waals surface area contributed by atoms with Crippen LogP contribution in [-0.2, 0) is 4.74 Å². The van der Waals surface area contributed by atoms with Gasteiger partial charge in [-0.2, -0.15) is 0 Å². The van der Waals surface area contributed by atoms with Crippen LogP contribution in [0.15, 0.2) is 30.3 Å². The van der Waals surface area contributed by atoms with Crippen molar-refractivity contribution in [2.75, 3.05) is 7.11 Å². The molecule has 0 saturated heterocycles. The summed E-state index contributed by atoms with van der Waals surface area (Å²) in [6, 6.07) is 9.45. The lowest BCUT2D eigenvalue weighted by atomic mass is 10.0. The van der Waals surface area contributed by atoms with E-state index in [0.717, 1.165) is 16.8 Å². The SMILES string of the molecule is COC(=O)c1[nH]c(C)c(-c2ccccc2)c1C=O. The summed E-state index contributed by atoms with van der Waals surface area (Å²) in [4.78, 5) is 25.7. The van der Waals surface area contributed by atoms with Gasteiger partial charge in [0.1, 0.15) is 5.69 Å². The monoisotopic (exact) mass is 243 g/mol. The van der Waals surface area contributed by atoms with Crippen LogP contribution in [0.25, 0.3) is 11.1 Å². The number of ether oxygens (including phenoxy) is 1. The van der Waals surface area contributed by atoms with Crippen molar-refractivity contribution in [1.29, 1.82) is 0 Å². The van der Waals surface area contributed by atoms with Gasteiger partial charge in [0.2, 0.25) is 0 Å². The van der Waals surface area contributed by atoms with E-state index in [1.165, 1.54) is 7.11 Å². The number of carbonyl (C=O) groups is 2. The van der Waals surface area contributed by atoms with Gasteiger partial charge in [-0.05, 0) is 12.5 Å². The Balaban J connectivity index is 2.65. The Labute approximate surface area is 105 Å². The van der Waals surface area contributed by atoms with Gasteiger partial charge in [-0.3, -0.25) is 4.79 Å². The van der Waals surface area contributed by atoms with E-state index in [9.17, 15) is 9.59 Å². The van der Waals surface area contributed by atoms with Crippen LogP contribution in [0, 0.1) is 6.92 Å². The first-order valence-corrected chi connectivity index (χ1v) is 5.50. The molecule has 0 radical (unpaired) electrons. The van der Waals surface area contributed by atoms with Gasteiger partial charge < -0.3 is 9.72 Å². The summed E-state index contributed by atoms with van der Waals surface area (Å²) in [5.74, 6) is -0.539. The highest BCUT2D eigenvalue weighted by Gasteiger charge is 2.21. The predicted octanol–water partition coefficient (Wildman–Crippen LogP) is 2.59. The summed E-state index contributed by atoms with van der Waals surface area (Å²) in [6.07, 6.45) is 0.679. The lowest BCUT2D eigenvalue weighted by Gasteiger charge is -2.01. The van der Waals surface area contributed by atoms with E-state index < -0.39 is 5.97 Å². The van der Waals surface area contributed by atoms with E-state index in [1.807, 2.05) is 37.3 Å². The fraction of sp³-hybridized carbons (Fsp3) is 0.143. The average molecular weight is 243 g/mol. The third-order valence-electron chi connectivity index (χ3n) is 2.80. The Morgan fingerprint density at radius 2 is 1.94 bits per heavy atom. The summed E-state index contributed by atoms with van der Waals surface area (Å²) in [5.41, 5.74) is 2.94. The third-order valence-corrected chi connectivity index (χ3v) is 2.80. The molecule has 18 heavy (non-hydrogen) atoms.